The number of rotatable bonds is 5. The van der Waals surface area contributed by atoms with E-state index in [1.165, 1.54) is 0 Å². The van der Waals surface area contributed by atoms with Crippen molar-refractivity contribution in [2.75, 3.05) is 0 Å². The fraction of sp³-hybridized carbons (Fsp3) is 0.455. The zero-order valence-corrected chi connectivity index (χ0v) is 13.7. The molecule has 3 nitrogen and oxygen atoms in total. The van der Waals surface area contributed by atoms with E-state index in [9.17, 15) is 74.3 Å². The first kappa shape index (κ1) is 26.1. The lowest BCUT2D eigenvalue weighted by Gasteiger charge is -2.37. The maximum Gasteiger partial charge on any atom is 0.460 e. The van der Waals surface area contributed by atoms with Gasteiger partial charge in [0.25, 0.3) is 10.1 Å². The Hall–Kier alpha value is -1.92. The van der Waals surface area contributed by atoms with Gasteiger partial charge in [-0.3, -0.25) is 4.55 Å². The van der Waals surface area contributed by atoms with Crippen molar-refractivity contribution >= 4 is 10.1 Å². The summed E-state index contributed by atoms with van der Waals surface area (Å²) in [4.78, 5) is -3.66. The standard InChI is InChI=1S/C11HF15O3S/c12-2-1(6(30(27,28)29)5(15)4(14)3(2)13)7(16,17)8(18,19)9(20,21)10(22,23)11(24,25)26/h(H,27,28,29). The summed E-state index contributed by atoms with van der Waals surface area (Å²) < 4.78 is 226. The Morgan fingerprint density at radius 3 is 1.27 bits per heavy atom. The minimum Gasteiger partial charge on any atom is -0.282 e. The van der Waals surface area contributed by atoms with Crippen LogP contribution in [0.25, 0.3) is 0 Å². The summed E-state index contributed by atoms with van der Waals surface area (Å²) >= 11 is 0. The highest BCUT2D eigenvalue weighted by molar-refractivity contribution is 7.85. The number of hydrogen-bond acceptors (Lipinski definition) is 2. The number of benzene rings is 1. The summed E-state index contributed by atoms with van der Waals surface area (Å²) in [5, 5.41) is 0. The summed E-state index contributed by atoms with van der Waals surface area (Å²) in [5.74, 6) is -46.5. The Morgan fingerprint density at radius 1 is 0.567 bits per heavy atom. The molecule has 0 aromatic heterocycles. The van der Waals surface area contributed by atoms with E-state index in [1.807, 2.05) is 0 Å². The van der Waals surface area contributed by atoms with E-state index in [1.54, 1.807) is 0 Å². The van der Waals surface area contributed by atoms with Crippen LogP contribution < -0.4 is 0 Å². The van der Waals surface area contributed by atoms with Gasteiger partial charge in [0.05, 0.1) is 5.56 Å². The molecule has 0 radical (unpaired) electrons. The first-order chi connectivity index (χ1) is 12.9. The maximum absolute atomic E-state index is 13.9. The molecule has 0 amide bonds. The van der Waals surface area contributed by atoms with E-state index in [0.717, 1.165) is 0 Å². The van der Waals surface area contributed by atoms with Gasteiger partial charge in [0.15, 0.2) is 23.3 Å². The van der Waals surface area contributed by atoms with Crippen LogP contribution in [0.3, 0.4) is 0 Å². The lowest BCUT2D eigenvalue weighted by molar-refractivity contribution is -0.425. The molecule has 0 aliphatic rings. The van der Waals surface area contributed by atoms with Crippen LogP contribution in [0.15, 0.2) is 4.90 Å². The van der Waals surface area contributed by atoms with E-state index in [2.05, 4.69) is 0 Å². The molecule has 1 aromatic rings. The van der Waals surface area contributed by atoms with Crippen LogP contribution in [0.2, 0.25) is 0 Å². The molecule has 0 heterocycles. The molecule has 0 aliphatic carbocycles. The largest absolute Gasteiger partial charge is 0.460 e. The molecule has 1 rings (SSSR count). The Balaban J connectivity index is 4.12. The zero-order chi connectivity index (χ0) is 24.5. The number of hydrogen-bond donors (Lipinski definition) is 1. The first-order valence-corrected chi connectivity index (χ1v) is 7.74. The van der Waals surface area contributed by atoms with E-state index >= 15 is 0 Å². The second-order valence-corrected chi connectivity index (χ2v) is 6.59. The molecule has 1 aromatic carbocycles. The Morgan fingerprint density at radius 2 is 0.933 bits per heavy atom. The highest BCUT2D eigenvalue weighted by Gasteiger charge is 2.88. The Bertz CT molecular complexity index is 963. The molecule has 0 spiro atoms. The Labute approximate surface area is 153 Å². The first-order valence-electron chi connectivity index (χ1n) is 6.30. The lowest BCUT2D eigenvalue weighted by Crippen LogP contribution is -2.65. The molecule has 19 heteroatoms. The molecule has 30 heavy (non-hydrogen) atoms. The van der Waals surface area contributed by atoms with Crippen LogP contribution >= 0.6 is 0 Å². The van der Waals surface area contributed by atoms with Gasteiger partial charge in [-0.15, -0.1) is 0 Å². The molecule has 0 bridgehead atoms. The molecule has 0 aliphatic heterocycles. The fourth-order valence-electron chi connectivity index (χ4n) is 1.86. The van der Waals surface area contributed by atoms with Gasteiger partial charge in [-0.05, 0) is 0 Å². The zero-order valence-electron chi connectivity index (χ0n) is 12.8. The Kier molecular flexibility index (Phi) is 5.91. The fourth-order valence-corrected chi connectivity index (χ4v) is 2.66. The second kappa shape index (κ2) is 6.79. The summed E-state index contributed by atoms with van der Waals surface area (Å²) in [6.07, 6.45) is -7.65. The van der Waals surface area contributed by atoms with Crippen LogP contribution in [0.4, 0.5) is 65.9 Å². The van der Waals surface area contributed by atoms with Crippen molar-refractivity contribution in [3.05, 3.63) is 28.8 Å². The molecule has 0 unspecified atom stereocenters. The van der Waals surface area contributed by atoms with Gasteiger partial charge < -0.3 is 0 Å². The predicted octanol–water partition coefficient (Wildman–Crippen LogP) is 5.05. The van der Waals surface area contributed by atoms with Gasteiger partial charge >= 0.3 is 29.9 Å². The smallest absolute Gasteiger partial charge is 0.282 e. The minimum atomic E-state index is -8.22. The topological polar surface area (TPSA) is 54.4 Å². The number of halogens is 15. The van der Waals surface area contributed by atoms with Crippen molar-refractivity contribution in [2.45, 2.75) is 34.8 Å². The minimum absolute atomic E-state index is 3.38. The van der Waals surface area contributed by atoms with Crippen molar-refractivity contribution in [2.24, 2.45) is 0 Å². The second-order valence-electron chi connectivity index (χ2n) is 5.23. The average molecular weight is 498 g/mol. The average Bonchev–Trinajstić information content (AvgIpc) is 2.52. The van der Waals surface area contributed by atoms with Crippen LogP contribution in [0.5, 0.6) is 0 Å². The SMILES string of the molecule is O=S(=O)(O)c1c(F)c(F)c(F)c(F)c1C(F)(F)C(F)(F)C(F)(F)C(F)(F)C(F)(F)F. The summed E-state index contributed by atoms with van der Waals surface area (Å²) in [6.45, 7) is 0. The molecule has 0 saturated heterocycles. The van der Waals surface area contributed by atoms with Gasteiger partial charge in [0.2, 0.25) is 0 Å². The molecule has 174 valence electrons. The van der Waals surface area contributed by atoms with E-state index in [0.29, 0.717) is 0 Å². The molecule has 0 saturated carbocycles. The van der Waals surface area contributed by atoms with Crippen LogP contribution in [-0.4, -0.2) is 36.9 Å². The highest BCUT2D eigenvalue weighted by Crippen LogP contribution is 2.60. The third-order valence-corrected chi connectivity index (χ3v) is 4.23. The quantitative estimate of drug-likeness (QED) is 0.268. The molecular weight excluding hydrogens is 497 g/mol. The maximum atomic E-state index is 13.9. The van der Waals surface area contributed by atoms with Gasteiger partial charge in [0, 0.05) is 0 Å². The van der Waals surface area contributed by atoms with Crippen molar-refractivity contribution in [3.63, 3.8) is 0 Å². The van der Waals surface area contributed by atoms with Crippen molar-refractivity contribution in [1.29, 1.82) is 0 Å². The highest BCUT2D eigenvalue weighted by atomic mass is 32.2. The monoisotopic (exact) mass is 498 g/mol. The number of alkyl halides is 11. The normalized spacial score (nSPS) is 14.9. The molecule has 0 atom stereocenters. The van der Waals surface area contributed by atoms with E-state index in [4.69, 9.17) is 4.55 Å². The molecule has 0 fully saturated rings. The van der Waals surface area contributed by atoms with Crippen LogP contribution in [0, 0.1) is 23.3 Å². The molecular formula is C11HF15O3S. The molecule has 1 N–H and O–H groups in total. The third-order valence-electron chi connectivity index (χ3n) is 3.33. The predicted molar refractivity (Wildman–Crippen MR) is 60.9 cm³/mol. The van der Waals surface area contributed by atoms with Gasteiger partial charge in [-0.2, -0.15) is 56.7 Å². The van der Waals surface area contributed by atoms with Crippen LogP contribution in [-0.2, 0) is 16.0 Å². The van der Waals surface area contributed by atoms with Gasteiger partial charge in [0.1, 0.15) is 4.90 Å². The van der Waals surface area contributed by atoms with Crippen molar-refractivity contribution < 1.29 is 78.8 Å². The lowest BCUT2D eigenvalue weighted by atomic mass is 9.92. The van der Waals surface area contributed by atoms with Crippen LogP contribution in [0.1, 0.15) is 5.56 Å². The summed E-state index contributed by atoms with van der Waals surface area (Å²) in [6, 6.07) is 0. The van der Waals surface area contributed by atoms with Crippen molar-refractivity contribution in [3.8, 4) is 0 Å². The summed E-state index contributed by atoms with van der Waals surface area (Å²) in [5.41, 5.74) is -4.18. The third kappa shape index (κ3) is 3.34. The van der Waals surface area contributed by atoms with E-state index < -0.39 is 73.7 Å². The van der Waals surface area contributed by atoms with Crippen molar-refractivity contribution in [1.82, 2.24) is 0 Å². The summed E-state index contributed by atoms with van der Waals surface area (Å²) in [7, 11) is -6.87. The van der Waals surface area contributed by atoms with Gasteiger partial charge in [-0.1, -0.05) is 0 Å². The van der Waals surface area contributed by atoms with E-state index in [-0.39, 0.29) is 0 Å². The van der Waals surface area contributed by atoms with Gasteiger partial charge in [-0.25, -0.2) is 17.6 Å².